The van der Waals surface area contributed by atoms with E-state index in [1.807, 2.05) is 33.2 Å². The lowest BCUT2D eigenvalue weighted by atomic mass is 10.0. The molecule has 2 atom stereocenters. The molecule has 0 spiro atoms. The Morgan fingerprint density at radius 3 is 2.57 bits per heavy atom. The van der Waals surface area contributed by atoms with E-state index in [1.165, 1.54) is 22.9 Å². The fraction of sp³-hybridized carbons (Fsp3) is 0.364. The standard InChI is InChI=1S/C22H27N3O2S/c1-5-15-6-8-16(9-7-15)19(25(3)4)13-23-22(27)17-10-11-20-18(12-17)24-21(26)14(2)28-20/h6-12,14,19H,5,13H2,1-4H3,(H,23,27)(H,24,26)/t14-,19+/m0/s1. The lowest BCUT2D eigenvalue weighted by Gasteiger charge is -2.25. The second-order valence-corrected chi connectivity index (χ2v) is 8.63. The molecule has 0 aromatic heterocycles. The van der Waals surface area contributed by atoms with E-state index in [-0.39, 0.29) is 23.1 Å². The molecule has 1 heterocycles. The average Bonchev–Trinajstić information content (AvgIpc) is 2.68. The lowest BCUT2D eigenvalue weighted by molar-refractivity contribution is -0.115. The van der Waals surface area contributed by atoms with Crippen LogP contribution in [0.2, 0.25) is 0 Å². The number of nitrogens with one attached hydrogen (secondary N) is 2. The highest BCUT2D eigenvalue weighted by Crippen LogP contribution is 2.35. The Morgan fingerprint density at radius 1 is 1.21 bits per heavy atom. The fourth-order valence-corrected chi connectivity index (χ4v) is 4.15. The van der Waals surface area contributed by atoms with Crippen LogP contribution in [-0.4, -0.2) is 42.6 Å². The van der Waals surface area contributed by atoms with Crippen molar-refractivity contribution in [2.75, 3.05) is 26.0 Å². The van der Waals surface area contributed by atoms with Gasteiger partial charge in [0, 0.05) is 17.0 Å². The van der Waals surface area contributed by atoms with Crippen LogP contribution in [0.4, 0.5) is 5.69 Å². The van der Waals surface area contributed by atoms with Crippen molar-refractivity contribution in [3.63, 3.8) is 0 Å². The Labute approximate surface area is 170 Å². The summed E-state index contributed by atoms with van der Waals surface area (Å²) in [5.74, 6) is -0.170. The first-order chi connectivity index (χ1) is 13.4. The summed E-state index contributed by atoms with van der Waals surface area (Å²) in [4.78, 5) is 27.7. The summed E-state index contributed by atoms with van der Waals surface area (Å²) >= 11 is 1.51. The van der Waals surface area contributed by atoms with Crippen LogP contribution in [-0.2, 0) is 11.2 Å². The zero-order chi connectivity index (χ0) is 20.3. The number of likely N-dealkylation sites (N-methyl/N-ethyl adjacent to an activating group) is 1. The molecule has 2 N–H and O–H groups in total. The second kappa shape index (κ2) is 8.80. The Hall–Kier alpha value is -2.31. The molecule has 0 saturated heterocycles. The highest BCUT2D eigenvalue weighted by molar-refractivity contribution is 8.00. The van der Waals surface area contributed by atoms with E-state index < -0.39 is 0 Å². The molecule has 2 amide bonds. The molecule has 0 aliphatic carbocycles. The molecular formula is C22H27N3O2S. The van der Waals surface area contributed by atoms with Crippen LogP contribution in [0.1, 0.15) is 41.4 Å². The van der Waals surface area contributed by atoms with Gasteiger partial charge >= 0.3 is 0 Å². The molecule has 0 unspecified atom stereocenters. The number of carbonyl (C=O) groups excluding carboxylic acids is 2. The van der Waals surface area contributed by atoms with Gasteiger partial charge in [0.05, 0.1) is 17.0 Å². The van der Waals surface area contributed by atoms with Gasteiger partial charge in [0.2, 0.25) is 5.91 Å². The molecule has 1 aliphatic heterocycles. The summed E-state index contributed by atoms with van der Waals surface area (Å²) < 4.78 is 0. The van der Waals surface area contributed by atoms with Gasteiger partial charge in [-0.15, -0.1) is 11.8 Å². The largest absolute Gasteiger partial charge is 0.350 e. The zero-order valence-corrected chi connectivity index (χ0v) is 17.6. The van der Waals surface area contributed by atoms with E-state index in [0.717, 1.165) is 11.3 Å². The van der Waals surface area contributed by atoms with Crippen molar-refractivity contribution in [3.8, 4) is 0 Å². The van der Waals surface area contributed by atoms with Crippen LogP contribution in [0.5, 0.6) is 0 Å². The molecule has 6 heteroatoms. The molecular weight excluding hydrogens is 370 g/mol. The molecule has 0 bridgehead atoms. The predicted molar refractivity (Wildman–Crippen MR) is 115 cm³/mol. The van der Waals surface area contributed by atoms with Crippen molar-refractivity contribution in [3.05, 3.63) is 59.2 Å². The third-order valence-corrected chi connectivity index (χ3v) is 6.20. The van der Waals surface area contributed by atoms with Crippen molar-refractivity contribution in [2.24, 2.45) is 0 Å². The number of rotatable bonds is 6. The first-order valence-electron chi connectivity index (χ1n) is 9.54. The molecule has 2 aromatic rings. The number of thioether (sulfide) groups is 1. The van der Waals surface area contributed by atoms with Crippen LogP contribution in [0.3, 0.4) is 0 Å². The molecule has 1 aliphatic rings. The maximum absolute atomic E-state index is 12.7. The minimum absolute atomic E-state index is 0.0294. The minimum Gasteiger partial charge on any atom is -0.350 e. The maximum Gasteiger partial charge on any atom is 0.251 e. The first kappa shape index (κ1) is 20.4. The SMILES string of the molecule is CCc1ccc([C@@H](CNC(=O)c2ccc3c(c2)NC(=O)[C@H](C)S3)N(C)C)cc1. The van der Waals surface area contributed by atoms with E-state index in [1.54, 1.807) is 6.07 Å². The fourth-order valence-electron chi connectivity index (χ4n) is 3.22. The number of carbonyl (C=O) groups is 2. The van der Waals surface area contributed by atoms with Crippen molar-refractivity contribution < 1.29 is 9.59 Å². The molecule has 0 fully saturated rings. The quantitative estimate of drug-likeness (QED) is 0.780. The van der Waals surface area contributed by atoms with Crippen molar-refractivity contribution in [1.82, 2.24) is 10.2 Å². The number of benzene rings is 2. The summed E-state index contributed by atoms with van der Waals surface area (Å²) in [6, 6.07) is 14.1. The van der Waals surface area contributed by atoms with E-state index in [9.17, 15) is 9.59 Å². The van der Waals surface area contributed by atoms with E-state index in [0.29, 0.717) is 17.8 Å². The van der Waals surface area contributed by atoms with Crippen molar-refractivity contribution >= 4 is 29.3 Å². The third-order valence-electron chi connectivity index (χ3n) is 5.02. The van der Waals surface area contributed by atoms with Gasteiger partial charge in [0.25, 0.3) is 5.91 Å². The van der Waals surface area contributed by atoms with E-state index in [4.69, 9.17) is 0 Å². The smallest absolute Gasteiger partial charge is 0.251 e. The molecule has 0 saturated carbocycles. The van der Waals surface area contributed by atoms with Crippen LogP contribution in [0, 0.1) is 0 Å². The van der Waals surface area contributed by atoms with Gasteiger partial charge in [0.15, 0.2) is 0 Å². The number of amides is 2. The van der Waals surface area contributed by atoms with E-state index in [2.05, 4.69) is 46.7 Å². The summed E-state index contributed by atoms with van der Waals surface area (Å²) in [6.07, 6.45) is 1.01. The van der Waals surface area contributed by atoms with Gasteiger partial charge in [-0.2, -0.15) is 0 Å². The number of nitrogens with zero attached hydrogens (tertiary/aromatic N) is 1. The summed E-state index contributed by atoms with van der Waals surface area (Å²) in [7, 11) is 4.02. The van der Waals surface area contributed by atoms with Gasteiger partial charge in [0.1, 0.15) is 0 Å². The summed E-state index contributed by atoms with van der Waals surface area (Å²) in [5, 5.41) is 5.79. The Kier molecular flexibility index (Phi) is 6.42. The molecule has 3 rings (SSSR count). The number of hydrogen-bond acceptors (Lipinski definition) is 4. The van der Waals surface area contributed by atoms with Crippen LogP contribution in [0.25, 0.3) is 0 Å². The molecule has 28 heavy (non-hydrogen) atoms. The summed E-state index contributed by atoms with van der Waals surface area (Å²) in [5.41, 5.74) is 3.73. The molecule has 148 valence electrons. The normalized spacial score (nSPS) is 17.0. The number of fused-ring (bicyclic) bond motifs is 1. The molecule has 0 radical (unpaired) electrons. The Bertz CT molecular complexity index is 865. The second-order valence-electron chi connectivity index (χ2n) is 7.24. The molecule has 5 nitrogen and oxygen atoms in total. The number of aryl methyl sites for hydroxylation is 1. The number of hydrogen-bond donors (Lipinski definition) is 2. The van der Waals surface area contributed by atoms with E-state index >= 15 is 0 Å². The van der Waals surface area contributed by atoms with Crippen molar-refractivity contribution in [2.45, 2.75) is 36.5 Å². The maximum atomic E-state index is 12.7. The van der Waals surface area contributed by atoms with Crippen LogP contribution < -0.4 is 10.6 Å². The average molecular weight is 398 g/mol. The monoisotopic (exact) mass is 397 g/mol. The molecule has 2 aromatic carbocycles. The topological polar surface area (TPSA) is 61.4 Å². The van der Waals surface area contributed by atoms with Crippen LogP contribution in [0.15, 0.2) is 47.4 Å². The summed E-state index contributed by atoms with van der Waals surface area (Å²) in [6.45, 7) is 4.52. The van der Waals surface area contributed by atoms with Gasteiger partial charge in [-0.25, -0.2) is 0 Å². The third kappa shape index (κ3) is 4.56. The van der Waals surface area contributed by atoms with Crippen LogP contribution >= 0.6 is 11.8 Å². The lowest BCUT2D eigenvalue weighted by Crippen LogP contribution is -2.34. The Morgan fingerprint density at radius 2 is 1.93 bits per heavy atom. The van der Waals surface area contributed by atoms with Gasteiger partial charge in [-0.1, -0.05) is 31.2 Å². The Balaban J connectivity index is 1.69. The first-order valence-corrected chi connectivity index (χ1v) is 10.4. The highest BCUT2D eigenvalue weighted by Gasteiger charge is 2.24. The van der Waals surface area contributed by atoms with Gasteiger partial charge in [-0.05, 0) is 56.8 Å². The minimum atomic E-state index is -0.141. The zero-order valence-electron chi connectivity index (χ0n) is 16.8. The van der Waals surface area contributed by atoms with Gasteiger partial charge < -0.3 is 15.5 Å². The predicted octanol–water partition coefficient (Wildman–Crippen LogP) is 3.71. The van der Waals surface area contributed by atoms with Crippen molar-refractivity contribution in [1.29, 1.82) is 0 Å². The van der Waals surface area contributed by atoms with Gasteiger partial charge in [-0.3, -0.25) is 9.59 Å². The highest BCUT2D eigenvalue weighted by atomic mass is 32.2. The number of anilines is 1.